The molecule has 0 fully saturated rings. The molecule has 0 atom stereocenters. The van der Waals surface area contributed by atoms with E-state index in [1.54, 1.807) is 12.1 Å². The maximum Gasteiger partial charge on any atom is 0.228 e. The number of amides is 1. The highest BCUT2D eigenvalue weighted by Gasteiger charge is 2.11. The summed E-state index contributed by atoms with van der Waals surface area (Å²) in [5.74, 6) is 0.191. The summed E-state index contributed by atoms with van der Waals surface area (Å²) in [6.45, 7) is 2.04. The number of nitrogens with one attached hydrogen (secondary N) is 2. The smallest absolute Gasteiger partial charge is 0.228 e. The van der Waals surface area contributed by atoms with Crippen molar-refractivity contribution >= 4 is 38.6 Å². The second kappa shape index (κ2) is 7.56. The first kappa shape index (κ1) is 18.4. The first-order chi connectivity index (χ1) is 13.5. The number of carbonyl (C=O) groups excluding carboxylic acids is 1. The Balaban J connectivity index is 1.48. The average molecular weight is 438 g/mol. The predicted octanol–water partition coefficient (Wildman–Crippen LogP) is 5.62. The van der Waals surface area contributed by atoms with E-state index in [-0.39, 0.29) is 18.1 Å². The Morgan fingerprint density at radius 2 is 1.93 bits per heavy atom. The Bertz CT molecular complexity index is 1170. The molecular weight excluding hydrogens is 421 g/mol. The van der Waals surface area contributed by atoms with Gasteiger partial charge in [0, 0.05) is 11.3 Å². The third kappa shape index (κ3) is 3.82. The lowest BCUT2D eigenvalue weighted by Crippen LogP contribution is -2.14. The van der Waals surface area contributed by atoms with Gasteiger partial charge in [0.25, 0.3) is 0 Å². The van der Waals surface area contributed by atoms with Gasteiger partial charge in [0.05, 0.1) is 21.9 Å². The third-order valence-corrected chi connectivity index (χ3v) is 5.35. The van der Waals surface area contributed by atoms with Crippen LogP contribution in [0.2, 0.25) is 0 Å². The molecule has 6 heteroatoms. The minimum atomic E-state index is -0.379. The van der Waals surface area contributed by atoms with Crippen molar-refractivity contribution in [3.8, 4) is 11.4 Å². The molecule has 1 aromatic heterocycles. The summed E-state index contributed by atoms with van der Waals surface area (Å²) >= 11 is 3.18. The number of imidazole rings is 1. The topological polar surface area (TPSA) is 57.8 Å². The van der Waals surface area contributed by atoms with Gasteiger partial charge < -0.3 is 10.3 Å². The van der Waals surface area contributed by atoms with Crippen molar-refractivity contribution in [2.45, 2.75) is 13.3 Å². The lowest BCUT2D eigenvalue weighted by atomic mass is 10.1. The van der Waals surface area contributed by atoms with Crippen LogP contribution in [0.3, 0.4) is 0 Å². The van der Waals surface area contributed by atoms with E-state index in [9.17, 15) is 9.18 Å². The summed E-state index contributed by atoms with van der Waals surface area (Å²) in [5.41, 5.74) is 5.29. The summed E-state index contributed by atoms with van der Waals surface area (Å²) in [4.78, 5) is 20.2. The molecule has 0 radical (unpaired) electrons. The van der Waals surface area contributed by atoms with Gasteiger partial charge in [-0.15, -0.1) is 0 Å². The van der Waals surface area contributed by atoms with E-state index in [0.717, 1.165) is 22.4 Å². The van der Waals surface area contributed by atoms with Crippen LogP contribution in [-0.2, 0) is 11.2 Å². The molecule has 0 bridgehead atoms. The minimum Gasteiger partial charge on any atom is -0.338 e. The summed E-state index contributed by atoms with van der Waals surface area (Å²) < 4.78 is 13.9. The fourth-order valence-electron chi connectivity index (χ4n) is 3.03. The molecule has 1 heterocycles. The van der Waals surface area contributed by atoms with Gasteiger partial charge in [-0.05, 0) is 76.4 Å². The van der Waals surface area contributed by atoms with Gasteiger partial charge in [-0.2, -0.15) is 0 Å². The van der Waals surface area contributed by atoms with E-state index in [0.29, 0.717) is 15.7 Å². The zero-order valence-electron chi connectivity index (χ0n) is 15.1. The fraction of sp³-hybridized carbons (Fsp3) is 0.0909. The van der Waals surface area contributed by atoms with Crippen molar-refractivity contribution in [1.29, 1.82) is 0 Å². The van der Waals surface area contributed by atoms with Gasteiger partial charge in [-0.25, -0.2) is 9.37 Å². The number of hydrogen-bond acceptors (Lipinski definition) is 2. The van der Waals surface area contributed by atoms with Crippen molar-refractivity contribution in [2.24, 2.45) is 0 Å². The van der Waals surface area contributed by atoms with E-state index in [1.165, 1.54) is 11.6 Å². The molecule has 0 saturated carbocycles. The molecule has 0 unspecified atom stereocenters. The second-order valence-electron chi connectivity index (χ2n) is 6.62. The van der Waals surface area contributed by atoms with Crippen LogP contribution < -0.4 is 5.32 Å². The molecule has 3 aromatic carbocycles. The van der Waals surface area contributed by atoms with Gasteiger partial charge in [-0.1, -0.05) is 18.2 Å². The number of fused-ring (bicyclic) bond motifs is 1. The normalized spacial score (nSPS) is 11.0. The first-order valence-electron chi connectivity index (χ1n) is 8.79. The monoisotopic (exact) mass is 437 g/mol. The number of nitrogens with zero attached hydrogens (tertiary/aromatic N) is 1. The number of carbonyl (C=O) groups is 1. The summed E-state index contributed by atoms with van der Waals surface area (Å²) in [5, 5.41) is 2.84. The van der Waals surface area contributed by atoms with Crippen molar-refractivity contribution in [1.82, 2.24) is 9.97 Å². The lowest BCUT2D eigenvalue weighted by molar-refractivity contribution is -0.115. The van der Waals surface area contributed by atoms with Gasteiger partial charge in [0.1, 0.15) is 11.6 Å². The minimum absolute atomic E-state index is 0.0863. The predicted molar refractivity (Wildman–Crippen MR) is 113 cm³/mol. The van der Waals surface area contributed by atoms with E-state index < -0.39 is 0 Å². The standard InChI is InChI=1S/C22H17BrFN3O/c1-13-5-10-18-19(11-13)27-22(26-18)14-6-8-16(9-7-14)25-20(28)12-15-3-2-4-17(24)21(15)23/h2-11H,12H2,1H3,(H,25,28)(H,26,27). The Morgan fingerprint density at radius 1 is 1.14 bits per heavy atom. The number of aromatic amines is 1. The Hall–Kier alpha value is -2.99. The largest absolute Gasteiger partial charge is 0.338 e. The van der Waals surface area contributed by atoms with Gasteiger partial charge >= 0.3 is 0 Å². The molecular formula is C22H17BrFN3O. The number of H-pyrrole nitrogens is 1. The summed E-state index contributed by atoms with van der Waals surface area (Å²) in [6, 6.07) is 18.2. The number of rotatable bonds is 4. The van der Waals surface area contributed by atoms with Crippen molar-refractivity contribution in [3.05, 3.63) is 82.1 Å². The van der Waals surface area contributed by atoms with Gasteiger partial charge in [0.2, 0.25) is 5.91 Å². The maximum atomic E-state index is 13.6. The summed E-state index contributed by atoms with van der Waals surface area (Å²) in [7, 11) is 0. The molecule has 1 amide bonds. The Morgan fingerprint density at radius 3 is 2.71 bits per heavy atom. The highest BCUT2D eigenvalue weighted by Crippen LogP contribution is 2.24. The van der Waals surface area contributed by atoms with E-state index in [2.05, 4.69) is 37.3 Å². The van der Waals surface area contributed by atoms with E-state index in [4.69, 9.17) is 0 Å². The van der Waals surface area contributed by atoms with Crippen LogP contribution in [-0.4, -0.2) is 15.9 Å². The number of benzene rings is 3. The molecule has 0 aliphatic carbocycles. The zero-order valence-corrected chi connectivity index (χ0v) is 16.7. The Labute approximate surface area is 169 Å². The zero-order chi connectivity index (χ0) is 19.7. The quantitative estimate of drug-likeness (QED) is 0.435. The third-order valence-electron chi connectivity index (χ3n) is 4.46. The van der Waals surface area contributed by atoms with Crippen molar-refractivity contribution in [3.63, 3.8) is 0 Å². The van der Waals surface area contributed by atoms with Crippen LogP contribution in [0.15, 0.2) is 65.1 Å². The molecule has 0 aliphatic rings. The molecule has 2 N–H and O–H groups in total. The van der Waals surface area contributed by atoms with Gasteiger partial charge in [-0.3, -0.25) is 4.79 Å². The summed E-state index contributed by atoms with van der Waals surface area (Å²) in [6.07, 6.45) is 0.0863. The van der Waals surface area contributed by atoms with Crippen LogP contribution in [0, 0.1) is 12.7 Å². The average Bonchev–Trinajstić information content (AvgIpc) is 3.09. The molecule has 140 valence electrons. The van der Waals surface area contributed by atoms with Crippen molar-refractivity contribution < 1.29 is 9.18 Å². The molecule has 0 aliphatic heterocycles. The van der Waals surface area contributed by atoms with Crippen LogP contribution in [0.4, 0.5) is 10.1 Å². The maximum absolute atomic E-state index is 13.6. The molecule has 4 nitrogen and oxygen atoms in total. The highest BCUT2D eigenvalue weighted by molar-refractivity contribution is 9.10. The fourth-order valence-corrected chi connectivity index (χ4v) is 3.44. The number of aryl methyl sites for hydroxylation is 1. The highest BCUT2D eigenvalue weighted by atomic mass is 79.9. The Kier molecular flexibility index (Phi) is 4.96. The lowest BCUT2D eigenvalue weighted by Gasteiger charge is -2.08. The van der Waals surface area contributed by atoms with E-state index in [1.807, 2.05) is 43.3 Å². The van der Waals surface area contributed by atoms with Crippen LogP contribution in [0.5, 0.6) is 0 Å². The van der Waals surface area contributed by atoms with Crippen molar-refractivity contribution in [2.75, 3.05) is 5.32 Å². The molecule has 0 saturated heterocycles. The van der Waals surface area contributed by atoms with Gasteiger partial charge in [0.15, 0.2) is 0 Å². The molecule has 4 rings (SSSR count). The SMILES string of the molecule is Cc1ccc2nc(-c3ccc(NC(=O)Cc4cccc(F)c4Br)cc3)[nH]c2c1. The van der Waals surface area contributed by atoms with Crippen LogP contribution in [0.1, 0.15) is 11.1 Å². The first-order valence-corrected chi connectivity index (χ1v) is 9.58. The molecule has 4 aromatic rings. The molecule has 0 spiro atoms. The number of anilines is 1. The van der Waals surface area contributed by atoms with Crippen LogP contribution >= 0.6 is 15.9 Å². The second-order valence-corrected chi connectivity index (χ2v) is 7.41. The van der Waals surface area contributed by atoms with E-state index >= 15 is 0 Å². The number of halogens is 2. The molecule has 28 heavy (non-hydrogen) atoms. The number of aromatic nitrogens is 2. The number of hydrogen-bond donors (Lipinski definition) is 2. The van der Waals surface area contributed by atoms with Crippen LogP contribution in [0.25, 0.3) is 22.4 Å².